The number of rotatable bonds is 3. The zero-order valence-corrected chi connectivity index (χ0v) is 9.72. The summed E-state index contributed by atoms with van der Waals surface area (Å²) in [5.41, 5.74) is 2.20. The molecule has 0 aliphatic rings. The number of aryl methyl sites for hydroxylation is 1. The fraction of sp³-hybridized carbons (Fsp3) is 0.364. The average molecular weight is 229 g/mol. The summed E-state index contributed by atoms with van der Waals surface area (Å²) in [5.74, 6) is 0.591. The van der Waals surface area contributed by atoms with Crippen LogP contribution < -0.4 is 4.74 Å². The first-order chi connectivity index (χ1) is 7.13. The summed E-state index contributed by atoms with van der Waals surface area (Å²) in [6.07, 6.45) is 0. The number of esters is 1. The topological polar surface area (TPSA) is 35.5 Å². The molecule has 0 heterocycles. The standard InChI is InChI=1S/C11H13ClO3/c1-7-4-8(6-12)10(14-2)5-9(7)11(13)15-3/h4-5H,6H2,1-3H3. The maximum absolute atomic E-state index is 11.4. The van der Waals surface area contributed by atoms with Gasteiger partial charge < -0.3 is 9.47 Å². The van der Waals surface area contributed by atoms with Crippen molar-refractivity contribution in [3.8, 4) is 5.75 Å². The number of benzene rings is 1. The van der Waals surface area contributed by atoms with Crippen molar-refractivity contribution in [2.24, 2.45) is 0 Å². The fourth-order valence-corrected chi connectivity index (χ4v) is 1.58. The normalized spacial score (nSPS) is 9.87. The molecule has 1 aromatic carbocycles. The zero-order chi connectivity index (χ0) is 11.4. The van der Waals surface area contributed by atoms with Crippen molar-refractivity contribution in [3.63, 3.8) is 0 Å². The number of carbonyl (C=O) groups is 1. The minimum Gasteiger partial charge on any atom is -0.496 e. The lowest BCUT2D eigenvalue weighted by molar-refractivity contribution is 0.0599. The Hall–Kier alpha value is -1.22. The van der Waals surface area contributed by atoms with Crippen molar-refractivity contribution in [2.45, 2.75) is 12.8 Å². The van der Waals surface area contributed by atoms with Gasteiger partial charge in [-0.25, -0.2) is 4.79 Å². The number of hydrogen-bond acceptors (Lipinski definition) is 3. The lowest BCUT2D eigenvalue weighted by Gasteiger charge is -2.10. The highest BCUT2D eigenvalue weighted by Crippen LogP contribution is 2.25. The van der Waals surface area contributed by atoms with E-state index in [0.717, 1.165) is 11.1 Å². The molecule has 0 fully saturated rings. The second kappa shape index (κ2) is 5.03. The van der Waals surface area contributed by atoms with Crippen LogP contribution in [0.2, 0.25) is 0 Å². The van der Waals surface area contributed by atoms with E-state index in [0.29, 0.717) is 17.2 Å². The number of hydrogen-bond donors (Lipinski definition) is 0. The molecule has 0 aromatic heterocycles. The molecule has 0 bridgehead atoms. The maximum atomic E-state index is 11.4. The van der Waals surface area contributed by atoms with Crippen molar-refractivity contribution in [2.75, 3.05) is 14.2 Å². The van der Waals surface area contributed by atoms with Gasteiger partial charge in [-0.3, -0.25) is 0 Å². The molecule has 0 radical (unpaired) electrons. The Morgan fingerprint density at radius 2 is 2.07 bits per heavy atom. The predicted molar refractivity (Wildman–Crippen MR) is 58.6 cm³/mol. The summed E-state index contributed by atoms with van der Waals surface area (Å²) < 4.78 is 9.80. The maximum Gasteiger partial charge on any atom is 0.338 e. The second-order valence-corrected chi connectivity index (χ2v) is 3.37. The molecule has 0 saturated heterocycles. The summed E-state index contributed by atoms with van der Waals surface area (Å²) in [6.45, 7) is 1.84. The second-order valence-electron chi connectivity index (χ2n) is 3.10. The summed E-state index contributed by atoms with van der Waals surface area (Å²) in [5, 5.41) is 0. The third-order valence-corrected chi connectivity index (χ3v) is 2.46. The Morgan fingerprint density at radius 1 is 1.40 bits per heavy atom. The van der Waals surface area contributed by atoms with E-state index in [1.165, 1.54) is 7.11 Å². The first-order valence-corrected chi connectivity index (χ1v) is 4.99. The Labute approximate surface area is 93.9 Å². The van der Waals surface area contributed by atoms with E-state index in [-0.39, 0.29) is 5.97 Å². The minimum absolute atomic E-state index is 0.353. The molecule has 3 nitrogen and oxygen atoms in total. The first-order valence-electron chi connectivity index (χ1n) is 4.45. The van der Waals surface area contributed by atoms with Crippen molar-refractivity contribution in [3.05, 3.63) is 28.8 Å². The van der Waals surface area contributed by atoms with Crippen molar-refractivity contribution in [1.29, 1.82) is 0 Å². The third-order valence-electron chi connectivity index (χ3n) is 2.18. The molecule has 0 unspecified atom stereocenters. The van der Waals surface area contributed by atoms with Gasteiger partial charge in [-0.15, -0.1) is 11.6 Å². The molecule has 1 rings (SSSR count). The van der Waals surface area contributed by atoms with E-state index in [1.54, 1.807) is 13.2 Å². The number of carbonyl (C=O) groups excluding carboxylic acids is 1. The van der Waals surface area contributed by atoms with E-state index in [4.69, 9.17) is 16.3 Å². The van der Waals surface area contributed by atoms with Gasteiger partial charge in [0.25, 0.3) is 0 Å². The Balaban J connectivity index is 3.25. The minimum atomic E-state index is -0.369. The van der Waals surface area contributed by atoms with Gasteiger partial charge in [0.1, 0.15) is 5.75 Å². The summed E-state index contributed by atoms with van der Waals surface area (Å²) in [4.78, 5) is 11.4. The molecule has 0 aliphatic heterocycles. The van der Waals surface area contributed by atoms with E-state index < -0.39 is 0 Å². The SMILES string of the molecule is COC(=O)c1cc(OC)c(CCl)cc1C. The predicted octanol–water partition coefficient (Wildman–Crippen LogP) is 2.53. The first kappa shape index (κ1) is 11.9. The largest absolute Gasteiger partial charge is 0.496 e. The summed E-state index contributed by atoms with van der Waals surface area (Å²) in [7, 11) is 2.89. The molecule has 15 heavy (non-hydrogen) atoms. The lowest BCUT2D eigenvalue weighted by atomic mass is 10.0. The van der Waals surface area contributed by atoms with Gasteiger partial charge in [0.15, 0.2) is 0 Å². The van der Waals surface area contributed by atoms with Crippen molar-refractivity contribution in [1.82, 2.24) is 0 Å². The monoisotopic (exact) mass is 228 g/mol. The van der Waals surface area contributed by atoms with E-state index in [9.17, 15) is 4.79 Å². The quantitative estimate of drug-likeness (QED) is 0.589. The van der Waals surface area contributed by atoms with Crippen LogP contribution in [0.4, 0.5) is 0 Å². The van der Waals surface area contributed by atoms with Crippen LogP contribution in [-0.2, 0) is 10.6 Å². The molecule has 82 valence electrons. The number of ether oxygens (including phenoxy) is 2. The smallest absolute Gasteiger partial charge is 0.338 e. The molecule has 0 saturated carbocycles. The average Bonchev–Trinajstić information content (AvgIpc) is 2.27. The Bertz CT molecular complexity index is 374. The van der Waals surface area contributed by atoms with Gasteiger partial charge in [0, 0.05) is 5.56 Å². The van der Waals surface area contributed by atoms with Gasteiger partial charge >= 0.3 is 5.97 Å². The lowest BCUT2D eigenvalue weighted by Crippen LogP contribution is -2.05. The van der Waals surface area contributed by atoms with Crippen LogP contribution in [0.1, 0.15) is 21.5 Å². The van der Waals surface area contributed by atoms with Crippen molar-refractivity contribution >= 4 is 17.6 Å². The van der Waals surface area contributed by atoms with Crippen LogP contribution >= 0.6 is 11.6 Å². The van der Waals surface area contributed by atoms with Crippen LogP contribution in [0.3, 0.4) is 0 Å². The van der Waals surface area contributed by atoms with Gasteiger partial charge in [-0.05, 0) is 18.6 Å². The number of alkyl halides is 1. The number of methoxy groups -OCH3 is 2. The van der Waals surface area contributed by atoms with E-state index in [2.05, 4.69) is 4.74 Å². The highest BCUT2D eigenvalue weighted by molar-refractivity contribution is 6.17. The highest BCUT2D eigenvalue weighted by Gasteiger charge is 2.13. The van der Waals surface area contributed by atoms with Gasteiger partial charge in [0.05, 0.1) is 25.7 Å². The molecular formula is C11H13ClO3. The van der Waals surface area contributed by atoms with Crippen LogP contribution in [0.15, 0.2) is 12.1 Å². The molecule has 1 aromatic rings. The van der Waals surface area contributed by atoms with E-state index >= 15 is 0 Å². The van der Waals surface area contributed by atoms with Gasteiger partial charge in [-0.1, -0.05) is 6.07 Å². The molecule has 0 amide bonds. The Morgan fingerprint density at radius 3 is 2.53 bits per heavy atom. The third kappa shape index (κ3) is 2.42. The molecular weight excluding hydrogens is 216 g/mol. The highest BCUT2D eigenvalue weighted by atomic mass is 35.5. The number of halogens is 1. The van der Waals surface area contributed by atoms with Gasteiger partial charge in [-0.2, -0.15) is 0 Å². The van der Waals surface area contributed by atoms with Crippen LogP contribution in [0.25, 0.3) is 0 Å². The van der Waals surface area contributed by atoms with E-state index in [1.807, 2.05) is 13.0 Å². The van der Waals surface area contributed by atoms with Crippen LogP contribution in [0.5, 0.6) is 5.75 Å². The molecule has 4 heteroatoms. The summed E-state index contributed by atoms with van der Waals surface area (Å²) in [6, 6.07) is 3.48. The Kier molecular flexibility index (Phi) is 3.97. The van der Waals surface area contributed by atoms with Crippen LogP contribution in [-0.4, -0.2) is 20.2 Å². The van der Waals surface area contributed by atoms with Crippen molar-refractivity contribution < 1.29 is 14.3 Å². The molecule has 0 aliphatic carbocycles. The zero-order valence-electron chi connectivity index (χ0n) is 8.96. The fourth-order valence-electron chi connectivity index (χ4n) is 1.37. The van der Waals surface area contributed by atoms with Crippen LogP contribution in [0, 0.1) is 6.92 Å². The van der Waals surface area contributed by atoms with Gasteiger partial charge in [0.2, 0.25) is 0 Å². The summed E-state index contributed by atoms with van der Waals surface area (Å²) >= 11 is 5.75. The molecule has 0 spiro atoms. The molecule has 0 atom stereocenters. The molecule has 0 N–H and O–H groups in total.